The minimum Gasteiger partial charge on any atom is -0.335 e. The van der Waals surface area contributed by atoms with E-state index >= 15 is 0 Å². The molecular weight excluding hydrogens is 355 g/mol. The Labute approximate surface area is 144 Å². The van der Waals surface area contributed by atoms with Crippen LogP contribution in [0.4, 0.5) is 13.2 Å². The van der Waals surface area contributed by atoms with Crippen molar-refractivity contribution < 1.29 is 13.2 Å². The number of hydrogen-bond donors (Lipinski definition) is 1. The van der Waals surface area contributed by atoms with Crippen LogP contribution in [-0.2, 0) is 6.18 Å². The van der Waals surface area contributed by atoms with E-state index in [-0.39, 0.29) is 5.16 Å². The average molecular weight is 367 g/mol. The van der Waals surface area contributed by atoms with Crippen molar-refractivity contribution in [1.82, 2.24) is 29.8 Å². The molecule has 3 heterocycles. The second kappa shape index (κ2) is 6.31. The van der Waals surface area contributed by atoms with E-state index in [4.69, 9.17) is 5.84 Å². The summed E-state index contributed by atoms with van der Waals surface area (Å²) in [5.74, 6) is 4.64. The fourth-order valence-corrected chi connectivity index (χ4v) is 2.83. The highest BCUT2D eigenvalue weighted by Gasteiger charge is 2.38. The second-order valence-corrected chi connectivity index (χ2v) is 6.03. The number of nitrogen functional groups attached to an aromatic ring is 1. The van der Waals surface area contributed by atoms with Crippen LogP contribution in [0.2, 0.25) is 0 Å². The van der Waals surface area contributed by atoms with Crippen molar-refractivity contribution in [3.8, 4) is 11.4 Å². The Kier molecular flexibility index (Phi) is 4.33. The summed E-state index contributed by atoms with van der Waals surface area (Å²) in [5, 5.41) is 6.95. The number of nitrogens with zero attached hydrogens (tertiary/aromatic N) is 6. The molecule has 0 atom stereocenters. The molecule has 0 saturated carbocycles. The molecule has 0 aromatic carbocycles. The van der Waals surface area contributed by atoms with Gasteiger partial charge < -0.3 is 5.84 Å². The summed E-state index contributed by atoms with van der Waals surface area (Å²) in [4.78, 5) is 12.8. The summed E-state index contributed by atoms with van der Waals surface area (Å²) in [5.41, 5.74) is 2.16. The van der Waals surface area contributed by atoms with E-state index < -0.39 is 12.0 Å². The van der Waals surface area contributed by atoms with Gasteiger partial charge in [0.15, 0.2) is 5.82 Å². The molecule has 2 N–H and O–H groups in total. The van der Waals surface area contributed by atoms with Gasteiger partial charge in [-0.25, -0.2) is 14.6 Å². The van der Waals surface area contributed by atoms with Crippen LogP contribution in [0.1, 0.15) is 17.1 Å². The van der Waals surface area contributed by atoms with Crippen LogP contribution in [0.25, 0.3) is 11.4 Å². The molecule has 3 rings (SSSR count). The van der Waals surface area contributed by atoms with Gasteiger partial charge in [-0.2, -0.15) is 13.2 Å². The highest BCUT2D eigenvalue weighted by Crippen LogP contribution is 2.33. The molecule has 25 heavy (non-hydrogen) atoms. The third-order valence-electron chi connectivity index (χ3n) is 3.39. The van der Waals surface area contributed by atoms with Crippen LogP contribution in [-0.4, -0.2) is 29.8 Å². The summed E-state index contributed by atoms with van der Waals surface area (Å²) >= 11 is 0.898. The predicted octanol–water partition coefficient (Wildman–Crippen LogP) is 2.63. The Morgan fingerprint density at radius 3 is 2.36 bits per heavy atom. The highest BCUT2D eigenvalue weighted by molar-refractivity contribution is 7.99. The molecule has 0 saturated heterocycles. The number of alkyl halides is 3. The molecule has 0 spiro atoms. The molecule has 0 radical (unpaired) electrons. The minimum absolute atomic E-state index is 0.116. The molecule has 0 aliphatic rings. The first-order valence-corrected chi connectivity index (χ1v) is 7.80. The molecule has 3 aromatic heterocycles. The fraction of sp³-hybridized carbons (Fsp3) is 0.214. The molecule has 7 nitrogen and oxygen atoms in total. The van der Waals surface area contributed by atoms with Crippen LogP contribution in [0.3, 0.4) is 0 Å². The lowest BCUT2D eigenvalue weighted by Gasteiger charge is -2.10. The molecule has 0 aliphatic heterocycles. The van der Waals surface area contributed by atoms with Gasteiger partial charge in [-0.05, 0) is 37.7 Å². The Morgan fingerprint density at radius 1 is 1.08 bits per heavy atom. The van der Waals surface area contributed by atoms with Gasteiger partial charge in [-0.3, -0.25) is 4.98 Å². The van der Waals surface area contributed by atoms with Gasteiger partial charge in [0.2, 0.25) is 5.16 Å². The van der Waals surface area contributed by atoms with Crippen molar-refractivity contribution in [3.63, 3.8) is 0 Å². The van der Waals surface area contributed by atoms with E-state index in [1.165, 1.54) is 0 Å². The Balaban J connectivity index is 2.01. The van der Waals surface area contributed by atoms with Crippen molar-refractivity contribution in [1.29, 1.82) is 0 Å². The van der Waals surface area contributed by atoms with E-state index in [1.54, 1.807) is 38.4 Å². The molecule has 0 bridgehead atoms. The van der Waals surface area contributed by atoms with Crippen molar-refractivity contribution >= 4 is 11.8 Å². The average Bonchev–Trinajstić information content (AvgIpc) is 2.93. The Hall–Kier alpha value is -2.69. The largest absolute Gasteiger partial charge is 0.453 e. The van der Waals surface area contributed by atoms with Gasteiger partial charge >= 0.3 is 6.18 Å². The summed E-state index contributed by atoms with van der Waals surface area (Å²) in [6.07, 6.45) is -1.47. The fourth-order valence-electron chi connectivity index (χ4n) is 1.96. The topological polar surface area (TPSA) is 95.4 Å². The van der Waals surface area contributed by atoms with E-state index in [0.29, 0.717) is 21.2 Å². The van der Waals surface area contributed by atoms with Crippen molar-refractivity contribution in [2.75, 3.05) is 5.84 Å². The smallest absolute Gasteiger partial charge is 0.335 e. The normalized spacial score (nSPS) is 11.7. The van der Waals surface area contributed by atoms with Crippen LogP contribution >= 0.6 is 11.8 Å². The molecule has 0 fully saturated rings. The van der Waals surface area contributed by atoms with Gasteiger partial charge in [0.25, 0.3) is 5.82 Å². The Bertz CT molecular complexity index is 909. The maximum absolute atomic E-state index is 12.8. The predicted molar refractivity (Wildman–Crippen MR) is 84.0 cm³/mol. The zero-order valence-corrected chi connectivity index (χ0v) is 13.9. The maximum atomic E-state index is 12.8. The van der Waals surface area contributed by atoms with E-state index in [1.807, 2.05) is 0 Å². The van der Waals surface area contributed by atoms with Gasteiger partial charge in [0.05, 0.1) is 0 Å². The van der Waals surface area contributed by atoms with Crippen LogP contribution in [0.5, 0.6) is 0 Å². The summed E-state index contributed by atoms with van der Waals surface area (Å²) < 4.78 is 38.8. The zero-order chi connectivity index (χ0) is 18.2. The van der Waals surface area contributed by atoms with E-state index in [2.05, 4.69) is 25.1 Å². The van der Waals surface area contributed by atoms with E-state index in [0.717, 1.165) is 22.9 Å². The lowest BCUT2D eigenvalue weighted by Crippen LogP contribution is -2.21. The number of rotatable bonds is 3. The summed E-state index contributed by atoms with van der Waals surface area (Å²) in [6, 6.07) is 3.48. The number of hydrogen-bond acceptors (Lipinski definition) is 7. The van der Waals surface area contributed by atoms with Gasteiger partial charge in [-0.15, -0.1) is 10.2 Å². The van der Waals surface area contributed by atoms with Gasteiger partial charge in [0.1, 0.15) is 5.03 Å². The van der Waals surface area contributed by atoms with Crippen LogP contribution < -0.4 is 5.84 Å². The quantitative estimate of drug-likeness (QED) is 0.561. The van der Waals surface area contributed by atoms with Crippen LogP contribution in [0.15, 0.2) is 34.7 Å². The second-order valence-electron chi connectivity index (χ2n) is 5.07. The Morgan fingerprint density at radius 2 is 1.76 bits per heavy atom. The summed E-state index contributed by atoms with van der Waals surface area (Å²) in [6.45, 7) is 3.57. The number of aryl methyl sites for hydroxylation is 1. The molecule has 0 unspecified atom stereocenters. The highest BCUT2D eigenvalue weighted by atomic mass is 32.2. The first-order chi connectivity index (χ1) is 11.8. The minimum atomic E-state index is -4.68. The van der Waals surface area contributed by atoms with Crippen molar-refractivity contribution in [2.24, 2.45) is 0 Å². The van der Waals surface area contributed by atoms with Crippen LogP contribution in [0, 0.1) is 13.8 Å². The lowest BCUT2D eigenvalue weighted by molar-refractivity contribution is -0.146. The molecule has 3 aromatic rings. The number of halogens is 3. The summed E-state index contributed by atoms with van der Waals surface area (Å²) in [7, 11) is 0. The van der Waals surface area contributed by atoms with Crippen molar-refractivity contribution in [3.05, 3.63) is 41.6 Å². The number of aromatic nitrogens is 6. The first kappa shape index (κ1) is 17.1. The first-order valence-electron chi connectivity index (χ1n) is 6.98. The lowest BCUT2D eigenvalue weighted by atomic mass is 10.2. The zero-order valence-electron chi connectivity index (χ0n) is 13.1. The number of nitrogens with two attached hydrogens (primary N) is 1. The standard InChI is InChI=1S/C14H12F3N7S/c1-7-8(2)20-10(9-3-5-19-6-4-9)21-11(7)25-13-23-22-12(24(13)18)14(15,16)17/h3-6H,18H2,1-2H3. The molecular formula is C14H12F3N7S. The third kappa shape index (κ3) is 3.40. The van der Waals surface area contributed by atoms with Gasteiger partial charge in [-0.1, -0.05) is 0 Å². The molecule has 130 valence electrons. The van der Waals surface area contributed by atoms with E-state index in [9.17, 15) is 13.2 Å². The monoisotopic (exact) mass is 367 g/mol. The third-order valence-corrected chi connectivity index (χ3v) is 4.44. The molecule has 0 aliphatic carbocycles. The SMILES string of the molecule is Cc1nc(-c2ccncc2)nc(Sc2nnc(C(F)(F)F)n2N)c1C. The van der Waals surface area contributed by atoms with Gasteiger partial charge in [0, 0.05) is 29.2 Å². The molecule has 0 amide bonds. The maximum Gasteiger partial charge on any atom is 0.453 e. The van der Waals surface area contributed by atoms with Crippen molar-refractivity contribution in [2.45, 2.75) is 30.2 Å². The number of pyridine rings is 1. The molecule has 11 heteroatoms.